The van der Waals surface area contributed by atoms with Crippen LogP contribution in [0.3, 0.4) is 0 Å². The molecule has 1 unspecified atom stereocenters. The predicted octanol–water partition coefficient (Wildman–Crippen LogP) is 3.59. The third-order valence-corrected chi connectivity index (χ3v) is 4.88. The molecule has 0 saturated carbocycles. The molecular formula is C16H15BrClFN6O. The van der Waals surface area contributed by atoms with Gasteiger partial charge in [-0.25, -0.2) is 14.1 Å². The second-order valence-electron chi connectivity index (χ2n) is 5.71. The molecule has 0 aliphatic carbocycles. The van der Waals surface area contributed by atoms with Crippen LogP contribution in [-0.4, -0.2) is 30.5 Å². The summed E-state index contributed by atoms with van der Waals surface area (Å²) >= 11 is 9.38. The van der Waals surface area contributed by atoms with Gasteiger partial charge in [0.2, 0.25) is 5.95 Å². The number of rotatable bonds is 5. The van der Waals surface area contributed by atoms with Crippen molar-refractivity contribution >= 4 is 39.4 Å². The molecule has 0 radical (unpaired) electrons. The van der Waals surface area contributed by atoms with Crippen molar-refractivity contribution in [1.29, 1.82) is 0 Å². The molecule has 2 heterocycles. The van der Waals surface area contributed by atoms with Gasteiger partial charge >= 0.3 is 0 Å². The van der Waals surface area contributed by atoms with E-state index in [1.807, 2.05) is 6.92 Å². The third kappa shape index (κ3) is 4.10. The summed E-state index contributed by atoms with van der Waals surface area (Å²) in [5.41, 5.74) is 1.49. The normalized spacial score (nSPS) is 12.2. The van der Waals surface area contributed by atoms with Gasteiger partial charge in [0.1, 0.15) is 18.2 Å². The molecule has 1 aromatic carbocycles. The van der Waals surface area contributed by atoms with Gasteiger partial charge in [-0.3, -0.25) is 14.8 Å². The molecule has 0 aliphatic heterocycles. The van der Waals surface area contributed by atoms with E-state index in [-0.39, 0.29) is 11.9 Å². The molecule has 10 heteroatoms. The fourth-order valence-corrected chi connectivity index (χ4v) is 2.76. The summed E-state index contributed by atoms with van der Waals surface area (Å²) in [5.74, 6) is -0.527. The Balaban J connectivity index is 1.67. The zero-order chi connectivity index (χ0) is 18.8. The van der Waals surface area contributed by atoms with E-state index < -0.39 is 11.9 Å². The van der Waals surface area contributed by atoms with Gasteiger partial charge < -0.3 is 0 Å². The minimum absolute atomic E-state index is 0.169. The van der Waals surface area contributed by atoms with E-state index in [2.05, 4.69) is 36.4 Å². The molecule has 0 aliphatic rings. The van der Waals surface area contributed by atoms with E-state index in [9.17, 15) is 9.18 Å². The number of hydrogen-bond acceptors (Lipinski definition) is 4. The van der Waals surface area contributed by atoms with Gasteiger partial charge in [0.05, 0.1) is 16.7 Å². The molecule has 7 nitrogen and oxygen atoms in total. The van der Waals surface area contributed by atoms with E-state index >= 15 is 0 Å². The maximum absolute atomic E-state index is 13.1. The van der Waals surface area contributed by atoms with Gasteiger partial charge in [-0.1, -0.05) is 17.7 Å². The van der Waals surface area contributed by atoms with Gasteiger partial charge in [0.15, 0.2) is 0 Å². The number of nitrogens with zero attached hydrogens (tertiary/aromatic N) is 5. The maximum atomic E-state index is 13.1. The molecule has 2 aromatic heterocycles. The Labute approximate surface area is 162 Å². The topological polar surface area (TPSA) is 77.6 Å². The molecule has 1 amide bonds. The lowest BCUT2D eigenvalue weighted by molar-refractivity contribution is -0.119. The summed E-state index contributed by atoms with van der Waals surface area (Å²) in [7, 11) is 0. The van der Waals surface area contributed by atoms with Crippen LogP contribution >= 0.6 is 27.5 Å². The molecule has 0 spiro atoms. The first kappa shape index (κ1) is 18.5. The highest BCUT2D eigenvalue weighted by molar-refractivity contribution is 9.10. The number of halogens is 3. The average molecular weight is 442 g/mol. The SMILES string of the molecule is Cc1nn(C(C)C(=O)Nc2ncn(Cc3ccc(F)cc3Cl)n2)cc1Br. The standard InChI is InChI=1S/C16H15BrClFN6O/c1-9-13(17)7-25(22-9)10(2)15(26)21-16-20-8-24(23-16)6-11-3-4-12(19)5-14(11)18/h3-5,7-8,10H,6H2,1-2H3,(H,21,23,26). The van der Waals surface area contributed by atoms with Crippen molar-refractivity contribution in [2.45, 2.75) is 26.4 Å². The van der Waals surface area contributed by atoms with Crippen LogP contribution in [0.15, 0.2) is 35.2 Å². The second kappa shape index (κ2) is 7.55. The number of benzene rings is 1. The van der Waals surface area contributed by atoms with Gasteiger partial charge in [-0.05, 0) is 47.5 Å². The minimum atomic E-state index is -0.529. The summed E-state index contributed by atoms with van der Waals surface area (Å²) < 4.78 is 17.0. The lowest BCUT2D eigenvalue weighted by atomic mass is 10.2. The first-order valence-electron chi connectivity index (χ1n) is 7.69. The number of amides is 1. The van der Waals surface area contributed by atoms with Crippen molar-refractivity contribution in [3.05, 3.63) is 57.3 Å². The van der Waals surface area contributed by atoms with Crippen LogP contribution in [0.25, 0.3) is 0 Å². The second-order valence-corrected chi connectivity index (χ2v) is 6.97. The Morgan fingerprint density at radius 1 is 1.42 bits per heavy atom. The Hall–Kier alpha value is -2.26. The van der Waals surface area contributed by atoms with Gasteiger partial charge in [0.25, 0.3) is 5.91 Å². The van der Waals surface area contributed by atoms with Crippen molar-refractivity contribution in [3.8, 4) is 0 Å². The summed E-state index contributed by atoms with van der Waals surface area (Å²) in [5, 5.41) is 11.4. The van der Waals surface area contributed by atoms with E-state index in [4.69, 9.17) is 11.6 Å². The maximum Gasteiger partial charge on any atom is 0.251 e. The van der Waals surface area contributed by atoms with E-state index in [0.29, 0.717) is 17.1 Å². The number of carbonyl (C=O) groups excluding carboxylic acids is 1. The Kier molecular flexibility index (Phi) is 5.38. The number of hydrogen-bond donors (Lipinski definition) is 1. The molecule has 0 fully saturated rings. The summed E-state index contributed by atoms with van der Waals surface area (Å²) in [6.45, 7) is 3.88. The highest BCUT2D eigenvalue weighted by Gasteiger charge is 2.18. The summed E-state index contributed by atoms with van der Waals surface area (Å²) in [6.07, 6.45) is 3.21. The molecule has 0 saturated heterocycles. The van der Waals surface area contributed by atoms with Crippen LogP contribution in [0.2, 0.25) is 5.02 Å². The molecular weight excluding hydrogens is 427 g/mol. The fraction of sp³-hybridized carbons (Fsp3) is 0.250. The highest BCUT2D eigenvalue weighted by Crippen LogP contribution is 2.19. The lowest BCUT2D eigenvalue weighted by Crippen LogP contribution is -2.24. The molecule has 3 rings (SSSR count). The average Bonchev–Trinajstić information content (AvgIpc) is 3.16. The minimum Gasteiger partial charge on any atom is -0.291 e. The van der Waals surface area contributed by atoms with E-state index in [1.165, 1.54) is 23.1 Å². The van der Waals surface area contributed by atoms with Crippen molar-refractivity contribution < 1.29 is 9.18 Å². The van der Waals surface area contributed by atoms with Gasteiger partial charge in [0, 0.05) is 11.2 Å². The number of aryl methyl sites for hydroxylation is 1. The van der Waals surface area contributed by atoms with E-state index in [0.717, 1.165) is 10.2 Å². The molecule has 1 atom stereocenters. The Morgan fingerprint density at radius 3 is 2.85 bits per heavy atom. The number of anilines is 1. The molecule has 3 aromatic rings. The van der Waals surface area contributed by atoms with Crippen LogP contribution in [0.5, 0.6) is 0 Å². The lowest BCUT2D eigenvalue weighted by Gasteiger charge is -2.10. The molecule has 0 bridgehead atoms. The van der Waals surface area contributed by atoms with Crippen molar-refractivity contribution in [1.82, 2.24) is 24.5 Å². The van der Waals surface area contributed by atoms with Crippen LogP contribution in [0.4, 0.5) is 10.3 Å². The van der Waals surface area contributed by atoms with Crippen LogP contribution < -0.4 is 5.32 Å². The van der Waals surface area contributed by atoms with Crippen LogP contribution in [0, 0.1) is 12.7 Å². The predicted molar refractivity (Wildman–Crippen MR) is 98.5 cm³/mol. The monoisotopic (exact) mass is 440 g/mol. The zero-order valence-corrected chi connectivity index (χ0v) is 16.3. The Bertz CT molecular complexity index is 937. The molecule has 1 N–H and O–H groups in total. The third-order valence-electron chi connectivity index (χ3n) is 3.75. The molecule has 136 valence electrons. The molecule has 26 heavy (non-hydrogen) atoms. The quantitative estimate of drug-likeness (QED) is 0.656. The number of carbonyl (C=O) groups is 1. The van der Waals surface area contributed by atoms with Crippen molar-refractivity contribution in [2.24, 2.45) is 0 Å². The van der Waals surface area contributed by atoms with Crippen molar-refractivity contribution in [2.75, 3.05) is 5.32 Å². The zero-order valence-electron chi connectivity index (χ0n) is 13.9. The number of aromatic nitrogens is 5. The summed E-state index contributed by atoms with van der Waals surface area (Å²) in [6, 6.07) is 3.62. The number of nitrogens with one attached hydrogen (secondary N) is 1. The smallest absolute Gasteiger partial charge is 0.251 e. The van der Waals surface area contributed by atoms with Gasteiger partial charge in [-0.15, -0.1) is 5.10 Å². The first-order valence-corrected chi connectivity index (χ1v) is 8.86. The first-order chi connectivity index (χ1) is 12.3. The van der Waals surface area contributed by atoms with E-state index in [1.54, 1.807) is 23.9 Å². The fourth-order valence-electron chi connectivity index (χ4n) is 2.25. The Morgan fingerprint density at radius 2 is 2.19 bits per heavy atom. The largest absolute Gasteiger partial charge is 0.291 e. The highest BCUT2D eigenvalue weighted by atomic mass is 79.9. The summed E-state index contributed by atoms with van der Waals surface area (Å²) in [4.78, 5) is 16.4. The van der Waals surface area contributed by atoms with Crippen LogP contribution in [-0.2, 0) is 11.3 Å². The van der Waals surface area contributed by atoms with Crippen LogP contribution in [0.1, 0.15) is 24.2 Å². The van der Waals surface area contributed by atoms with Crippen molar-refractivity contribution in [3.63, 3.8) is 0 Å². The van der Waals surface area contributed by atoms with Gasteiger partial charge in [-0.2, -0.15) is 5.10 Å².